The maximum atomic E-state index is 13.8. The average molecular weight is 491 g/mol. The summed E-state index contributed by atoms with van der Waals surface area (Å²) in [5.74, 6) is 1.21. The zero-order valence-corrected chi connectivity index (χ0v) is 20.6. The molecule has 9 nitrogen and oxygen atoms in total. The lowest BCUT2D eigenvalue weighted by molar-refractivity contribution is -0.137. The SMILES string of the molecule is Cc1ncc(C(F)(F)F)c(-c2cn(COCC[Si](C)(C)C)c3nc(-n4nnnc4C)ccc23)n1. The van der Waals surface area contributed by atoms with E-state index in [9.17, 15) is 13.2 Å². The van der Waals surface area contributed by atoms with Crippen molar-refractivity contribution in [3.8, 4) is 17.1 Å². The van der Waals surface area contributed by atoms with Gasteiger partial charge in [-0.05, 0) is 42.5 Å². The van der Waals surface area contributed by atoms with Crippen LogP contribution in [0.4, 0.5) is 13.2 Å². The fourth-order valence-corrected chi connectivity index (χ4v) is 4.18. The Labute approximate surface area is 195 Å². The topological polar surface area (TPSA) is 96.4 Å². The van der Waals surface area contributed by atoms with E-state index in [1.165, 1.54) is 4.68 Å². The Hall–Kier alpha value is -3.19. The summed E-state index contributed by atoms with van der Waals surface area (Å²) in [7, 11) is -1.30. The number of hydrogen-bond acceptors (Lipinski definition) is 7. The summed E-state index contributed by atoms with van der Waals surface area (Å²) >= 11 is 0. The number of hydrogen-bond donors (Lipinski definition) is 0. The third-order valence-corrected chi connectivity index (χ3v) is 6.95. The molecule has 0 aliphatic carbocycles. The fourth-order valence-electron chi connectivity index (χ4n) is 3.43. The molecule has 0 N–H and O–H groups in total. The standard InChI is InChI=1S/C21H25F3N8OSi/c1-13-25-10-17(21(22,23)24)19(26-13)16-11-31(12-33-8-9-34(3,4)5)20-15(16)6-7-18(27-20)32-14(2)28-29-30-32/h6-7,10-11H,8-9,12H2,1-5H3. The number of nitrogens with zero attached hydrogens (tertiary/aromatic N) is 8. The molecule has 0 aliphatic rings. The van der Waals surface area contributed by atoms with Crippen LogP contribution in [0.5, 0.6) is 0 Å². The molecule has 4 heterocycles. The van der Waals surface area contributed by atoms with Crippen molar-refractivity contribution in [3.05, 3.63) is 41.7 Å². The van der Waals surface area contributed by atoms with Gasteiger partial charge in [0, 0.05) is 38.0 Å². The van der Waals surface area contributed by atoms with Crippen molar-refractivity contribution in [1.29, 1.82) is 0 Å². The van der Waals surface area contributed by atoms with Crippen LogP contribution in [0.1, 0.15) is 17.2 Å². The highest BCUT2D eigenvalue weighted by Crippen LogP contribution is 2.38. The van der Waals surface area contributed by atoms with Gasteiger partial charge in [-0.2, -0.15) is 17.9 Å². The Kier molecular flexibility index (Phi) is 6.25. The summed E-state index contributed by atoms with van der Waals surface area (Å²) in [6.45, 7) is 10.7. The number of aromatic nitrogens is 8. The summed E-state index contributed by atoms with van der Waals surface area (Å²) in [6.07, 6.45) is -2.20. The molecule has 4 aromatic heterocycles. The first-order valence-electron chi connectivity index (χ1n) is 10.7. The Morgan fingerprint density at radius 3 is 2.50 bits per heavy atom. The molecule has 0 saturated carbocycles. The highest BCUT2D eigenvalue weighted by atomic mass is 28.3. The van der Waals surface area contributed by atoms with E-state index < -0.39 is 19.8 Å². The van der Waals surface area contributed by atoms with E-state index in [2.05, 4.69) is 50.1 Å². The number of fused-ring (bicyclic) bond motifs is 1. The molecule has 0 bridgehead atoms. The number of halogens is 3. The van der Waals surface area contributed by atoms with Crippen LogP contribution >= 0.6 is 0 Å². The van der Waals surface area contributed by atoms with E-state index >= 15 is 0 Å². The monoisotopic (exact) mass is 490 g/mol. The lowest BCUT2D eigenvalue weighted by Gasteiger charge is -2.15. The number of rotatable bonds is 7. The Morgan fingerprint density at radius 2 is 1.85 bits per heavy atom. The van der Waals surface area contributed by atoms with Crippen molar-refractivity contribution in [1.82, 2.24) is 39.7 Å². The van der Waals surface area contributed by atoms with Crippen molar-refractivity contribution in [2.75, 3.05) is 6.61 Å². The lowest BCUT2D eigenvalue weighted by atomic mass is 10.1. The first-order chi connectivity index (χ1) is 15.9. The van der Waals surface area contributed by atoms with Gasteiger partial charge in [0.2, 0.25) is 0 Å². The quantitative estimate of drug-likeness (QED) is 0.279. The number of alkyl halides is 3. The smallest absolute Gasteiger partial charge is 0.361 e. The molecular weight excluding hydrogens is 465 g/mol. The van der Waals surface area contributed by atoms with Crippen LogP contribution in [0.2, 0.25) is 25.7 Å². The molecule has 34 heavy (non-hydrogen) atoms. The van der Waals surface area contributed by atoms with Gasteiger partial charge >= 0.3 is 6.18 Å². The molecule has 4 rings (SSSR count). The van der Waals surface area contributed by atoms with Gasteiger partial charge in [-0.15, -0.1) is 5.10 Å². The van der Waals surface area contributed by atoms with Crippen molar-refractivity contribution >= 4 is 19.1 Å². The van der Waals surface area contributed by atoms with E-state index in [0.717, 1.165) is 12.2 Å². The molecule has 0 aromatic carbocycles. The van der Waals surface area contributed by atoms with E-state index in [4.69, 9.17) is 4.74 Å². The van der Waals surface area contributed by atoms with Gasteiger partial charge < -0.3 is 9.30 Å². The number of tetrazole rings is 1. The minimum atomic E-state index is -4.61. The molecule has 13 heteroatoms. The minimum Gasteiger partial charge on any atom is -0.361 e. The highest BCUT2D eigenvalue weighted by Gasteiger charge is 2.36. The summed E-state index contributed by atoms with van der Waals surface area (Å²) < 4.78 is 50.4. The molecular formula is C21H25F3N8OSi. The second-order valence-electron chi connectivity index (χ2n) is 9.22. The van der Waals surface area contributed by atoms with Crippen LogP contribution in [0.25, 0.3) is 28.1 Å². The third-order valence-electron chi connectivity index (χ3n) is 5.25. The summed E-state index contributed by atoms with van der Waals surface area (Å²) in [4.78, 5) is 12.6. The molecule has 0 aliphatic heterocycles. The number of pyridine rings is 1. The van der Waals surface area contributed by atoms with Crippen molar-refractivity contribution in [3.63, 3.8) is 0 Å². The maximum Gasteiger partial charge on any atom is 0.419 e. The average Bonchev–Trinajstić information content (AvgIpc) is 3.32. The van der Waals surface area contributed by atoms with Crippen LogP contribution < -0.4 is 0 Å². The van der Waals surface area contributed by atoms with Gasteiger partial charge in [-0.3, -0.25) is 0 Å². The summed E-state index contributed by atoms with van der Waals surface area (Å²) in [5.41, 5.74) is -0.356. The number of ether oxygens (including phenoxy) is 1. The van der Waals surface area contributed by atoms with Crippen LogP contribution in [0, 0.1) is 13.8 Å². The van der Waals surface area contributed by atoms with Crippen LogP contribution in [-0.4, -0.2) is 54.4 Å². The zero-order valence-electron chi connectivity index (χ0n) is 19.6. The molecule has 0 fully saturated rings. The normalized spacial score (nSPS) is 12.6. The molecule has 4 aromatic rings. The zero-order chi connectivity index (χ0) is 24.7. The van der Waals surface area contributed by atoms with Crippen molar-refractivity contribution in [2.24, 2.45) is 0 Å². The van der Waals surface area contributed by atoms with Crippen LogP contribution in [0.3, 0.4) is 0 Å². The summed E-state index contributed by atoms with van der Waals surface area (Å²) in [6, 6.07) is 4.32. The van der Waals surface area contributed by atoms with Gasteiger partial charge in [-0.25, -0.2) is 15.0 Å². The van der Waals surface area contributed by atoms with E-state index in [1.54, 1.807) is 36.7 Å². The molecule has 0 spiro atoms. The summed E-state index contributed by atoms with van der Waals surface area (Å²) in [5, 5.41) is 12.0. The molecule has 0 radical (unpaired) electrons. The van der Waals surface area contributed by atoms with E-state index in [1.807, 2.05) is 0 Å². The predicted molar refractivity (Wildman–Crippen MR) is 122 cm³/mol. The fraction of sp³-hybridized carbons (Fsp3) is 0.429. The largest absolute Gasteiger partial charge is 0.419 e. The second-order valence-corrected chi connectivity index (χ2v) is 14.8. The second kappa shape index (κ2) is 8.87. The molecule has 0 amide bonds. The van der Waals surface area contributed by atoms with Crippen molar-refractivity contribution < 1.29 is 17.9 Å². The Bertz CT molecular complexity index is 1330. The number of aryl methyl sites for hydroxylation is 2. The van der Waals surface area contributed by atoms with Crippen LogP contribution in [-0.2, 0) is 17.6 Å². The first-order valence-corrected chi connectivity index (χ1v) is 14.4. The molecule has 180 valence electrons. The van der Waals surface area contributed by atoms with Gasteiger partial charge in [-0.1, -0.05) is 19.6 Å². The minimum absolute atomic E-state index is 0.136. The molecule has 0 saturated heterocycles. The van der Waals surface area contributed by atoms with Gasteiger partial charge in [0.25, 0.3) is 0 Å². The predicted octanol–water partition coefficient (Wildman–Crippen LogP) is 4.42. The van der Waals surface area contributed by atoms with Gasteiger partial charge in [0.15, 0.2) is 11.6 Å². The van der Waals surface area contributed by atoms with Crippen LogP contribution in [0.15, 0.2) is 24.5 Å². The maximum absolute atomic E-state index is 13.8. The first kappa shape index (κ1) is 23.9. The van der Waals surface area contributed by atoms with Gasteiger partial charge in [0.1, 0.15) is 23.8 Å². The Balaban J connectivity index is 1.84. The molecule has 0 atom stereocenters. The van der Waals surface area contributed by atoms with E-state index in [-0.39, 0.29) is 18.2 Å². The lowest BCUT2D eigenvalue weighted by Crippen LogP contribution is -2.22. The highest BCUT2D eigenvalue weighted by molar-refractivity contribution is 6.76. The third kappa shape index (κ3) is 4.99. The van der Waals surface area contributed by atoms with Crippen molar-refractivity contribution in [2.45, 2.75) is 52.4 Å². The van der Waals surface area contributed by atoms with Gasteiger partial charge in [0.05, 0.1) is 5.69 Å². The molecule has 0 unspecified atom stereocenters. The van der Waals surface area contributed by atoms with E-state index in [0.29, 0.717) is 34.8 Å². The Morgan fingerprint density at radius 1 is 1.09 bits per heavy atom.